The van der Waals surface area contributed by atoms with E-state index in [1.807, 2.05) is 37.3 Å². The van der Waals surface area contributed by atoms with E-state index in [-0.39, 0.29) is 24.0 Å². The average molecular weight is 552 g/mol. The minimum Gasteiger partial charge on any atom is -0.489 e. The average Bonchev–Trinajstić information content (AvgIpc) is 2.93. The van der Waals surface area contributed by atoms with Gasteiger partial charge in [0.15, 0.2) is 9.84 Å². The van der Waals surface area contributed by atoms with Gasteiger partial charge < -0.3 is 19.3 Å². The maximum absolute atomic E-state index is 13.3. The van der Waals surface area contributed by atoms with Crippen LogP contribution in [0.5, 0.6) is 5.75 Å². The van der Waals surface area contributed by atoms with Gasteiger partial charge in [0.25, 0.3) is 0 Å². The molecule has 0 unspecified atom stereocenters. The summed E-state index contributed by atoms with van der Waals surface area (Å²) in [6, 6.07) is 15.9. The number of rotatable bonds is 7. The van der Waals surface area contributed by atoms with Crippen LogP contribution < -0.4 is 4.74 Å². The number of aromatic nitrogens is 1. The number of likely N-dealkylation sites (tertiary alicyclic amines) is 2. The van der Waals surface area contributed by atoms with Crippen molar-refractivity contribution in [2.24, 2.45) is 5.41 Å². The number of carbonyl (C=O) groups is 2. The third kappa shape index (κ3) is 5.56. The predicted molar refractivity (Wildman–Crippen MR) is 146 cm³/mol. The molecule has 0 aliphatic carbocycles. The zero-order chi connectivity index (χ0) is 27.6. The van der Waals surface area contributed by atoms with Crippen molar-refractivity contribution in [2.45, 2.75) is 37.7 Å². The van der Waals surface area contributed by atoms with Crippen LogP contribution in [0.25, 0.3) is 10.9 Å². The fraction of sp³-hybridized carbons (Fsp3) is 0.414. The first-order valence-corrected chi connectivity index (χ1v) is 14.8. The summed E-state index contributed by atoms with van der Waals surface area (Å²) in [4.78, 5) is 33.5. The first kappa shape index (κ1) is 26.9. The van der Waals surface area contributed by atoms with Crippen LogP contribution in [0, 0.1) is 12.3 Å². The Morgan fingerprint density at radius 3 is 2.36 bits per heavy atom. The molecule has 1 aromatic heterocycles. The van der Waals surface area contributed by atoms with Gasteiger partial charge in [-0.2, -0.15) is 0 Å². The third-order valence-electron chi connectivity index (χ3n) is 7.48. The van der Waals surface area contributed by atoms with Gasteiger partial charge in [-0.05, 0) is 62.6 Å². The second kappa shape index (κ2) is 10.8. The van der Waals surface area contributed by atoms with Gasteiger partial charge in [0, 0.05) is 42.8 Å². The lowest BCUT2D eigenvalue weighted by atomic mass is 9.82. The summed E-state index contributed by atoms with van der Waals surface area (Å²) in [6.07, 6.45) is 3.00. The Labute approximate surface area is 228 Å². The molecule has 39 heavy (non-hydrogen) atoms. The Morgan fingerprint density at radius 1 is 0.974 bits per heavy atom. The van der Waals surface area contributed by atoms with Crippen molar-refractivity contribution in [1.82, 2.24) is 14.8 Å². The van der Waals surface area contributed by atoms with E-state index in [0.717, 1.165) is 41.4 Å². The van der Waals surface area contributed by atoms with Crippen LogP contribution in [0.1, 0.15) is 30.5 Å². The molecule has 0 bridgehead atoms. The van der Waals surface area contributed by atoms with Gasteiger partial charge in [0.2, 0.25) is 0 Å². The summed E-state index contributed by atoms with van der Waals surface area (Å²) >= 11 is 0. The molecular weight excluding hydrogens is 518 g/mol. The Bertz CT molecular complexity index is 1480. The standard InChI is InChI=1S/C29H33N3O6S/c1-21-16-22(25-8-4-5-9-26(25)30-21)17-38-23-10-12-24(13-11-23)39(35,36)20-29(27(33)37-2)18-32(19-29)28(34)31-14-6-3-7-15-31/h4-5,8-13,16H,3,6-7,14-15,17-20H2,1-2H3. The molecule has 2 saturated heterocycles. The number of methoxy groups -OCH3 is 1. The van der Waals surface area contributed by atoms with E-state index < -0.39 is 27.0 Å². The van der Waals surface area contributed by atoms with E-state index in [4.69, 9.17) is 9.47 Å². The molecule has 0 saturated carbocycles. The van der Waals surface area contributed by atoms with Crippen LogP contribution in [0.3, 0.4) is 0 Å². The predicted octanol–water partition coefficient (Wildman–Crippen LogP) is 3.98. The van der Waals surface area contributed by atoms with Gasteiger partial charge in [-0.1, -0.05) is 18.2 Å². The summed E-state index contributed by atoms with van der Waals surface area (Å²) in [5, 5.41) is 1.00. The Morgan fingerprint density at radius 2 is 1.67 bits per heavy atom. The minimum atomic E-state index is -3.84. The number of hydrogen-bond acceptors (Lipinski definition) is 7. The molecule has 3 heterocycles. The maximum atomic E-state index is 13.3. The van der Waals surface area contributed by atoms with Crippen molar-refractivity contribution in [3.63, 3.8) is 0 Å². The number of ether oxygens (including phenoxy) is 2. The fourth-order valence-electron chi connectivity index (χ4n) is 5.47. The molecular formula is C29H33N3O6S. The highest BCUT2D eigenvalue weighted by Gasteiger charge is 2.55. The van der Waals surface area contributed by atoms with E-state index in [1.54, 1.807) is 21.9 Å². The lowest BCUT2D eigenvalue weighted by Gasteiger charge is -2.49. The molecule has 5 rings (SSSR count). The summed E-state index contributed by atoms with van der Waals surface area (Å²) in [6.45, 7) is 3.65. The molecule has 10 heteroatoms. The first-order chi connectivity index (χ1) is 18.7. The number of aryl methyl sites for hydroxylation is 1. The zero-order valence-corrected chi connectivity index (χ0v) is 23.1. The number of hydrogen-bond donors (Lipinski definition) is 0. The number of para-hydroxylation sites is 1. The van der Waals surface area contributed by atoms with Gasteiger partial charge >= 0.3 is 12.0 Å². The van der Waals surface area contributed by atoms with Gasteiger partial charge in [0.1, 0.15) is 17.8 Å². The molecule has 0 radical (unpaired) electrons. The van der Waals surface area contributed by atoms with E-state index >= 15 is 0 Å². The fourth-order valence-corrected chi connectivity index (χ4v) is 7.21. The summed E-state index contributed by atoms with van der Waals surface area (Å²) in [5.74, 6) is -0.524. The van der Waals surface area contributed by atoms with E-state index in [0.29, 0.717) is 25.4 Å². The van der Waals surface area contributed by atoms with Crippen LogP contribution in [-0.2, 0) is 26.0 Å². The number of pyridine rings is 1. The number of fused-ring (bicyclic) bond motifs is 1. The highest BCUT2D eigenvalue weighted by Crippen LogP contribution is 2.36. The minimum absolute atomic E-state index is 0.0226. The Kier molecular flexibility index (Phi) is 7.48. The molecule has 206 valence electrons. The van der Waals surface area contributed by atoms with Crippen LogP contribution in [0.4, 0.5) is 4.79 Å². The first-order valence-electron chi connectivity index (χ1n) is 13.1. The largest absolute Gasteiger partial charge is 0.489 e. The summed E-state index contributed by atoms with van der Waals surface area (Å²) in [7, 11) is -2.60. The lowest BCUT2D eigenvalue weighted by Crippen LogP contribution is -2.67. The number of nitrogens with zero attached hydrogens (tertiary/aromatic N) is 3. The van der Waals surface area contributed by atoms with Crippen molar-refractivity contribution >= 4 is 32.7 Å². The molecule has 3 aromatic rings. The molecule has 2 aromatic carbocycles. The summed E-state index contributed by atoms with van der Waals surface area (Å²) in [5.41, 5.74) is 1.49. The van der Waals surface area contributed by atoms with Crippen LogP contribution in [0.2, 0.25) is 0 Å². The SMILES string of the molecule is COC(=O)C1(CS(=O)(=O)c2ccc(OCc3cc(C)nc4ccccc34)cc2)CN(C(=O)N2CCCCC2)C1. The van der Waals surface area contributed by atoms with Gasteiger partial charge in [0.05, 0.1) is 23.3 Å². The number of piperidine rings is 1. The van der Waals surface area contributed by atoms with Crippen molar-refractivity contribution in [3.05, 3.63) is 65.9 Å². The second-order valence-electron chi connectivity index (χ2n) is 10.4. The number of amides is 2. The smallest absolute Gasteiger partial charge is 0.320 e. The molecule has 2 aliphatic heterocycles. The molecule has 2 aliphatic rings. The number of esters is 1. The van der Waals surface area contributed by atoms with Gasteiger partial charge in [-0.25, -0.2) is 13.2 Å². The molecule has 9 nitrogen and oxygen atoms in total. The maximum Gasteiger partial charge on any atom is 0.320 e. The second-order valence-corrected chi connectivity index (χ2v) is 12.4. The molecule has 0 spiro atoms. The van der Waals surface area contributed by atoms with Gasteiger partial charge in [-0.3, -0.25) is 9.78 Å². The normalized spacial score (nSPS) is 17.0. The van der Waals surface area contributed by atoms with Crippen LogP contribution in [0.15, 0.2) is 59.5 Å². The van der Waals surface area contributed by atoms with Crippen molar-refractivity contribution in [3.8, 4) is 5.75 Å². The molecule has 2 amide bonds. The van der Waals surface area contributed by atoms with Crippen LogP contribution >= 0.6 is 0 Å². The number of urea groups is 1. The number of benzene rings is 2. The molecule has 0 N–H and O–H groups in total. The van der Waals surface area contributed by atoms with Gasteiger partial charge in [-0.15, -0.1) is 0 Å². The van der Waals surface area contributed by atoms with E-state index in [2.05, 4.69) is 4.98 Å². The van der Waals surface area contributed by atoms with E-state index in [1.165, 1.54) is 19.2 Å². The number of carbonyl (C=O) groups excluding carboxylic acids is 2. The zero-order valence-electron chi connectivity index (χ0n) is 22.3. The summed E-state index contributed by atoms with van der Waals surface area (Å²) < 4.78 is 37.6. The molecule has 0 atom stereocenters. The highest BCUT2D eigenvalue weighted by atomic mass is 32.2. The highest BCUT2D eigenvalue weighted by molar-refractivity contribution is 7.91. The van der Waals surface area contributed by atoms with Crippen molar-refractivity contribution < 1.29 is 27.5 Å². The number of sulfone groups is 1. The third-order valence-corrected chi connectivity index (χ3v) is 9.40. The topological polar surface area (TPSA) is 106 Å². The van der Waals surface area contributed by atoms with Crippen molar-refractivity contribution in [2.75, 3.05) is 39.0 Å². The van der Waals surface area contributed by atoms with Crippen molar-refractivity contribution in [1.29, 1.82) is 0 Å². The lowest BCUT2D eigenvalue weighted by molar-refractivity contribution is -0.159. The Hall–Kier alpha value is -3.66. The van der Waals surface area contributed by atoms with Crippen LogP contribution in [-0.4, -0.2) is 74.2 Å². The Balaban J connectivity index is 1.26. The monoisotopic (exact) mass is 551 g/mol. The molecule has 2 fully saturated rings. The quantitative estimate of drug-likeness (QED) is 0.409. The van der Waals surface area contributed by atoms with E-state index in [9.17, 15) is 18.0 Å².